The summed E-state index contributed by atoms with van der Waals surface area (Å²) in [6.45, 7) is 2.18. The number of imide groups is 1. The van der Waals surface area contributed by atoms with Gasteiger partial charge in [0.25, 0.3) is 22.9 Å². The second kappa shape index (κ2) is 7.22. The third-order valence-electron chi connectivity index (χ3n) is 6.09. The molecule has 0 spiro atoms. The number of nitrogens with zero attached hydrogens (tertiary/aromatic N) is 5. The molecule has 2 aromatic carbocycles. The minimum Gasteiger partial charge on any atom is -0.384 e. The lowest BCUT2D eigenvalue weighted by atomic mass is 10.1. The molecule has 1 aliphatic heterocycles. The van der Waals surface area contributed by atoms with E-state index < -0.39 is 17.4 Å². The van der Waals surface area contributed by atoms with Crippen molar-refractivity contribution < 1.29 is 9.59 Å². The van der Waals surface area contributed by atoms with Crippen molar-refractivity contribution >= 4 is 39.6 Å². The third kappa shape index (κ3) is 2.91. The van der Waals surface area contributed by atoms with Gasteiger partial charge in [0.2, 0.25) is 0 Å². The topological polar surface area (TPSA) is 147 Å². The second-order valence-electron chi connectivity index (χ2n) is 8.08. The number of rotatable bonds is 3. The number of amides is 2. The molecule has 5 aromatic rings. The average molecular weight is 467 g/mol. The summed E-state index contributed by atoms with van der Waals surface area (Å²) in [5, 5.41) is 11.7. The number of pyridine rings is 2. The maximum atomic E-state index is 13.4. The van der Waals surface area contributed by atoms with E-state index in [9.17, 15) is 19.2 Å². The molecule has 0 fully saturated rings. The molecule has 3 aromatic heterocycles. The fraction of sp³-hybridized carbons (Fsp3) is 0.0833. The summed E-state index contributed by atoms with van der Waals surface area (Å²) >= 11 is 0. The Morgan fingerprint density at radius 2 is 1.63 bits per heavy atom. The lowest BCUT2D eigenvalue weighted by molar-refractivity contribution is 0.0880. The highest BCUT2D eigenvalue weighted by Crippen LogP contribution is 2.25. The quantitative estimate of drug-likeness (QED) is 0.381. The Morgan fingerprint density at radius 3 is 2.31 bits per heavy atom. The van der Waals surface area contributed by atoms with Crippen LogP contribution in [0.5, 0.6) is 0 Å². The minimum absolute atomic E-state index is 0.0465. The van der Waals surface area contributed by atoms with Crippen molar-refractivity contribution in [2.75, 3.05) is 5.73 Å². The van der Waals surface area contributed by atoms with E-state index in [0.29, 0.717) is 34.2 Å². The van der Waals surface area contributed by atoms with Crippen LogP contribution < -0.4 is 22.2 Å². The maximum Gasteiger partial charge on any atom is 0.278 e. The SMILES string of the molecule is CCn1c(=O)c(-n2nc3ccccc3n2)cc2ccc(-n3c(N)c4c(cc3=O)C(=O)NC4=O)cc21. The van der Waals surface area contributed by atoms with Gasteiger partial charge in [0.1, 0.15) is 16.9 Å². The molecule has 0 bridgehead atoms. The summed E-state index contributed by atoms with van der Waals surface area (Å²) in [7, 11) is 0. The number of nitrogens with two attached hydrogens (primary N) is 1. The predicted molar refractivity (Wildman–Crippen MR) is 128 cm³/mol. The van der Waals surface area contributed by atoms with Crippen LogP contribution in [0, 0.1) is 0 Å². The van der Waals surface area contributed by atoms with Crippen LogP contribution in [0.15, 0.2) is 64.2 Å². The van der Waals surface area contributed by atoms with Crippen LogP contribution in [-0.2, 0) is 6.54 Å². The highest BCUT2D eigenvalue weighted by molar-refractivity contribution is 6.23. The van der Waals surface area contributed by atoms with Gasteiger partial charge in [-0.05, 0) is 37.3 Å². The first-order valence-electron chi connectivity index (χ1n) is 10.8. The molecule has 3 N–H and O–H groups in total. The van der Waals surface area contributed by atoms with Gasteiger partial charge in [-0.1, -0.05) is 18.2 Å². The van der Waals surface area contributed by atoms with E-state index in [2.05, 4.69) is 15.5 Å². The summed E-state index contributed by atoms with van der Waals surface area (Å²) in [5.74, 6) is -1.47. The monoisotopic (exact) mass is 467 g/mol. The Balaban J connectivity index is 1.57. The van der Waals surface area contributed by atoms with Crippen molar-refractivity contribution in [3.05, 3.63) is 86.4 Å². The van der Waals surface area contributed by atoms with Crippen LogP contribution in [0.4, 0.5) is 5.82 Å². The van der Waals surface area contributed by atoms with Crippen LogP contribution in [0.1, 0.15) is 27.6 Å². The Morgan fingerprint density at radius 1 is 0.914 bits per heavy atom. The second-order valence-corrected chi connectivity index (χ2v) is 8.08. The van der Waals surface area contributed by atoms with E-state index >= 15 is 0 Å². The standard InChI is InChI=1S/C24H17N7O4/c1-2-29-17-10-13(30-19(32)11-14-20(21(30)25)23(34)26-22(14)33)8-7-12(17)9-18(24(29)35)31-27-15-5-3-4-6-16(15)28-31/h3-11H,2,25H2,1H3,(H,26,33,34). The van der Waals surface area contributed by atoms with Crippen molar-refractivity contribution in [2.24, 2.45) is 0 Å². The molecular formula is C24H17N7O4. The molecule has 0 atom stereocenters. The van der Waals surface area contributed by atoms with E-state index in [1.807, 2.05) is 31.2 Å². The Hall–Kier alpha value is -5.06. The number of anilines is 1. The molecule has 0 saturated carbocycles. The van der Waals surface area contributed by atoms with Gasteiger partial charge in [-0.15, -0.1) is 15.0 Å². The fourth-order valence-corrected chi connectivity index (χ4v) is 4.45. The van der Waals surface area contributed by atoms with Gasteiger partial charge in [0.05, 0.1) is 22.3 Å². The van der Waals surface area contributed by atoms with Crippen molar-refractivity contribution in [3.63, 3.8) is 0 Å². The van der Waals surface area contributed by atoms with E-state index in [0.717, 1.165) is 10.6 Å². The summed E-state index contributed by atoms with van der Waals surface area (Å²) in [4.78, 5) is 51.7. The Labute approximate surface area is 196 Å². The molecule has 0 unspecified atom stereocenters. The number of hydrogen-bond donors (Lipinski definition) is 2. The van der Waals surface area contributed by atoms with Crippen LogP contribution in [0.25, 0.3) is 33.3 Å². The lowest BCUT2D eigenvalue weighted by Crippen LogP contribution is -2.26. The first-order valence-corrected chi connectivity index (χ1v) is 10.8. The molecule has 0 radical (unpaired) electrons. The largest absolute Gasteiger partial charge is 0.384 e. The number of benzene rings is 2. The number of aromatic nitrogens is 5. The first-order chi connectivity index (χ1) is 16.9. The molecular weight excluding hydrogens is 450 g/mol. The zero-order valence-electron chi connectivity index (χ0n) is 18.3. The van der Waals surface area contributed by atoms with Gasteiger partial charge in [-0.25, -0.2) is 0 Å². The molecule has 4 heterocycles. The lowest BCUT2D eigenvalue weighted by Gasteiger charge is -2.15. The smallest absolute Gasteiger partial charge is 0.278 e. The number of carbonyl (C=O) groups excluding carboxylic acids is 2. The summed E-state index contributed by atoms with van der Waals surface area (Å²) < 4.78 is 2.70. The zero-order chi connectivity index (χ0) is 24.4. The third-order valence-corrected chi connectivity index (χ3v) is 6.09. The van der Waals surface area contributed by atoms with E-state index in [4.69, 9.17) is 5.73 Å². The summed E-state index contributed by atoms with van der Waals surface area (Å²) in [5.41, 5.74) is 7.72. The van der Waals surface area contributed by atoms with Gasteiger partial charge >= 0.3 is 0 Å². The van der Waals surface area contributed by atoms with E-state index in [1.165, 1.54) is 4.80 Å². The van der Waals surface area contributed by atoms with Crippen LogP contribution in [0.2, 0.25) is 0 Å². The van der Waals surface area contributed by atoms with Gasteiger partial charge in [0.15, 0.2) is 5.69 Å². The molecule has 0 saturated heterocycles. The number of nitrogens with one attached hydrogen (secondary N) is 1. The molecule has 6 rings (SSSR count). The van der Waals surface area contributed by atoms with Gasteiger partial charge in [-0.2, -0.15) is 0 Å². The normalized spacial score (nSPS) is 12.9. The molecule has 11 heteroatoms. The molecule has 172 valence electrons. The van der Waals surface area contributed by atoms with Gasteiger partial charge in [0, 0.05) is 18.0 Å². The van der Waals surface area contributed by atoms with Crippen molar-refractivity contribution in [2.45, 2.75) is 13.5 Å². The fourth-order valence-electron chi connectivity index (χ4n) is 4.45. The number of nitrogen functional groups attached to an aromatic ring is 1. The van der Waals surface area contributed by atoms with Crippen molar-refractivity contribution in [1.29, 1.82) is 0 Å². The van der Waals surface area contributed by atoms with E-state index in [-0.39, 0.29) is 28.2 Å². The highest BCUT2D eigenvalue weighted by atomic mass is 16.2. The Kier molecular flexibility index (Phi) is 4.24. The first kappa shape index (κ1) is 20.5. The highest BCUT2D eigenvalue weighted by Gasteiger charge is 2.32. The van der Waals surface area contributed by atoms with Gasteiger partial charge < -0.3 is 10.3 Å². The molecule has 35 heavy (non-hydrogen) atoms. The molecule has 1 aliphatic rings. The molecule has 0 aliphatic carbocycles. The van der Waals surface area contributed by atoms with Crippen molar-refractivity contribution in [3.8, 4) is 11.4 Å². The minimum atomic E-state index is -0.661. The van der Waals surface area contributed by atoms with E-state index in [1.54, 1.807) is 28.8 Å². The van der Waals surface area contributed by atoms with Crippen LogP contribution >= 0.6 is 0 Å². The number of carbonyl (C=O) groups is 2. The average Bonchev–Trinajstić information content (AvgIpc) is 3.39. The van der Waals surface area contributed by atoms with Crippen LogP contribution in [0.3, 0.4) is 0 Å². The van der Waals surface area contributed by atoms with Crippen molar-refractivity contribution in [1.82, 2.24) is 29.4 Å². The predicted octanol–water partition coefficient (Wildman–Crippen LogP) is 1.37. The van der Waals surface area contributed by atoms with Crippen LogP contribution in [-0.4, -0.2) is 35.9 Å². The number of aryl methyl sites for hydroxylation is 1. The summed E-state index contributed by atoms with van der Waals surface area (Å²) in [6, 6.07) is 15.1. The van der Waals surface area contributed by atoms with Gasteiger partial charge in [-0.3, -0.25) is 29.1 Å². The maximum absolute atomic E-state index is 13.4. The number of fused-ring (bicyclic) bond motifs is 3. The Bertz CT molecular complexity index is 1830. The molecule has 11 nitrogen and oxygen atoms in total. The molecule has 2 amide bonds. The zero-order valence-corrected chi connectivity index (χ0v) is 18.3. The number of hydrogen-bond acceptors (Lipinski definition) is 7. The summed E-state index contributed by atoms with van der Waals surface area (Å²) in [6.07, 6.45) is 0.